The number of carboxylic acids is 1. The van der Waals surface area contributed by atoms with Crippen molar-refractivity contribution in [3.8, 4) is 0 Å². The number of amides is 2. The lowest BCUT2D eigenvalue weighted by Crippen LogP contribution is -2.33. The molecule has 2 amide bonds. The molecule has 6 heteroatoms. The smallest absolute Gasteiger partial charge is 0.308 e. The van der Waals surface area contributed by atoms with Crippen molar-refractivity contribution in [1.29, 1.82) is 0 Å². The molecular weight excluding hydrogens is 308 g/mol. The second-order valence-electron chi connectivity index (χ2n) is 6.25. The fraction of sp³-hybridized carbons (Fsp3) is 0.500. The van der Waals surface area contributed by atoms with Gasteiger partial charge in [-0.2, -0.15) is 0 Å². The van der Waals surface area contributed by atoms with Crippen LogP contribution in [0.2, 0.25) is 0 Å². The van der Waals surface area contributed by atoms with Crippen LogP contribution in [0.25, 0.3) is 0 Å². The second kappa shape index (κ2) is 9.70. The van der Waals surface area contributed by atoms with E-state index >= 15 is 0 Å². The number of benzene rings is 1. The summed E-state index contributed by atoms with van der Waals surface area (Å²) in [6.45, 7) is 4.05. The van der Waals surface area contributed by atoms with E-state index in [4.69, 9.17) is 5.11 Å². The Labute approximate surface area is 142 Å². The fourth-order valence-corrected chi connectivity index (χ4v) is 2.44. The third-order valence-electron chi connectivity index (χ3n) is 3.71. The molecule has 1 unspecified atom stereocenters. The van der Waals surface area contributed by atoms with Gasteiger partial charge in [0, 0.05) is 25.6 Å². The summed E-state index contributed by atoms with van der Waals surface area (Å²) in [4.78, 5) is 34.7. The van der Waals surface area contributed by atoms with Crippen molar-refractivity contribution in [3.63, 3.8) is 0 Å². The molecule has 1 aromatic carbocycles. The van der Waals surface area contributed by atoms with Crippen molar-refractivity contribution in [1.82, 2.24) is 10.6 Å². The summed E-state index contributed by atoms with van der Waals surface area (Å²) in [5.41, 5.74) is 1.45. The van der Waals surface area contributed by atoms with E-state index < -0.39 is 11.9 Å². The van der Waals surface area contributed by atoms with Gasteiger partial charge < -0.3 is 15.7 Å². The summed E-state index contributed by atoms with van der Waals surface area (Å²) in [5.74, 6) is -1.54. The molecule has 0 bridgehead atoms. The van der Waals surface area contributed by atoms with Gasteiger partial charge in [-0.25, -0.2) is 0 Å². The van der Waals surface area contributed by atoms with Gasteiger partial charge in [-0.05, 0) is 36.5 Å². The minimum absolute atomic E-state index is 0.143. The lowest BCUT2D eigenvalue weighted by Gasteiger charge is -2.15. The van der Waals surface area contributed by atoms with Crippen molar-refractivity contribution in [2.24, 2.45) is 11.8 Å². The zero-order valence-electron chi connectivity index (χ0n) is 14.5. The van der Waals surface area contributed by atoms with E-state index in [2.05, 4.69) is 10.6 Å². The highest BCUT2D eigenvalue weighted by atomic mass is 16.4. The molecule has 0 aliphatic carbocycles. The molecule has 24 heavy (non-hydrogen) atoms. The Morgan fingerprint density at radius 2 is 1.92 bits per heavy atom. The Bertz CT molecular complexity index is 584. The molecule has 0 spiro atoms. The molecule has 6 nitrogen and oxygen atoms in total. The summed E-state index contributed by atoms with van der Waals surface area (Å²) >= 11 is 0. The Kier molecular flexibility index (Phi) is 7.95. The fourth-order valence-electron chi connectivity index (χ4n) is 2.44. The minimum Gasteiger partial charge on any atom is -0.481 e. The van der Waals surface area contributed by atoms with Crippen LogP contribution in [0.4, 0.5) is 0 Å². The standard InChI is InChI=1S/C18H26N2O4/c1-12(2)9-15(18(23)24)11-20-16(21)8-7-13-5-4-6-14(10-13)17(22)19-3/h4-6,10,12,15H,7-9,11H2,1-3H3,(H,19,22)(H,20,21)(H,23,24). The van der Waals surface area contributed by atoms with E-state index in [1.54, 1.807) is 25.2 Å². The lowest BCUT2D eigenvalue weighted by atomic mass is 9.97. The maximum Gasteiger partial charge on any atom is 0.308 e. The van der Waals surface area contributed by atoms with Crippen LogP contribution in [0.1, 0.15) is 42.6 Å². The first-order valence-electron chi connectivity index (χ1n) is 8.14. The van der Waals surface area contributed by atoms with Crippen LogP contribution in [0.15, 0.2) is 24.3 Å². The summed E-state index contributed by atoms with van der Waals surface area (Å²) in [6, 6.07) is 7.11. The molecule has 1 rings (SSSR count). The molecule has 0 aliphatic heterocycles. The molecule has 1 aromatic rings. The van der Waals surface area contributed by atoms with Gasteiger partial charge in [0.2, 0.25) is 5.91 Å². The van der Waals surface area contributed by atoms with E-state index in [0.29, 0.717) is 18.4 Å². The number of nitrogens with one attached hydrogen (secondary N) is 2. The number of aliphatic carboxylic acids is 1. The molecule has 0 saturated carbocycles. The highest BCUT2D eigenvalue weighted by molar-refractivity contribution is 5.94. The topological polar surface area (TPSA) is 95.5 Å². The first-order chi connectivity index (χ1) is 11.3. The maximum absolute atomic E-state index is 11.9. The van der Waals surface area contributed by atoms with E-state index in [9.17, 15) is 14.4 Å². The van der Waals surface area contributed by atoms with Gasteiger partial charge in [0.1, 0.15) is 0 Å². The third kappa shape index (κ3) is 6.81. The monoisotopic (exact) mass is 334 g/mol. The van der Waals surface area contributed by atoms with Crippen LogP contribution in [0.3, 0.4) is 0 Å². The number of carboxylic acid groups (broad SMARTS) is 1. The molecule has 3 N–H and O–H groups in total. The van der Waals surface area contributed by atoms with Crippen molar-refractivity contribution in [2.45, 2.75) is 33.1 Å². The summed E-state index contributed by atoms with van der Waals surface area (Å²) in [5, 5.41) is 14.4. The summed E-state index contributed by atoms with van der Waals surface area (Å²) in [6.07, 6.45) is 1.29. The Morgan fingerprint density at radius 1 is 1.21 bits per heavy atom. The van der Waals surface area contributed by atoms with Gasteiger partial charge in [-0.1, -0.05) is 26.0 Å². The van der Waals surface area contributed by atoms with Crippen LogP contribution >= 0.6 is 0 Å². The van der Waals surface area contributed by atoms with E-state index in [0.717, 1.165) is 5.56 Å². The number of rotatable bonds is 9. The van der Waals surface area contributed by atoms with Crippen LogP contribution < -0.4 is 10.6 Å². The number of hydrogen-bond acceptors (Lipinski definition) is 3. The predicted molar refractivity (Wildman–Crippen MR) is 91.7 cm³/mol. The zero-order valence-corrected chi connectivity index (χ0v) is 14.5. The highest BCUT2D eigenvalue weighted by Gasteiger charge is 2.19. The van der Waals surface area contributed by atoms with Gasteiger partial charge in [0.15, 0.2) is 0 Å². The molecule has 1 atom stereocenters. The average Bonchev–Trinajstić information content (AvgIpc) is 2.55. The molecule has 0 fully saturated rings. The number of carbonyl (C=O) groups is 3. The second-order valence-corrected chi connectivity index (χ2v) is 6.25. The SMILES string of the molecule is CNC(=O)c1cccc(CCC(=O)NCC(CC(C)C)C(=O)O)c1. The van der Waals surface area contributed by atoms with Gasteiger partial charge >= 0.3 is 5.97 Å². The number of aryl methyl sites for hydroxylation is 1. The number of hydrogen-bond donors (Lipinski definition) is 3. The van der Waals surface area contributed by atoms with E-state index in [-0.39, 0.29) is 30.7 Å². The van der Waals surface area contributed by atoms with E-state index in [1.807, 2.05) is 19.9 Å². The Morgan fingerprint density at radius 3 is 2.50 bits per heavy atom. The normalized spacial score (nSPS) is 11.8. The first kappa shape index (κ1) is 19.7. The molecule has 0 radical (unpaired) electrons. The van der Waals surface area contributed by atoms with Crippen molar-refractivity contribution in [3.05, 3.63) is 35.4 Å². The zero-order chi connectivity index (χ0) is 18.1. The highest BCUT2D eigenvalue weighted by Crippen LogP contribution is 2.11. The quantitative estimate of drug-likeness (QED) is 0.642. The van der Waals surface area contributed by atoms with Crippen LogP contribution in [-0.4, -0.2) is 36.5 Å². The first-order valence-corrected chi connectivity index (χ1v) is 8.14. The maximum atomic E-state index is 11.9. The van der Waals surface area contributed by atoms with Gasteiger partial charge in [0.05, 0.1) is 5.92 Å². The molecule has 0 aromatic heterocycles. The largest absolute Gasteiger partial charge is 0.481 e. The molecule has 132 valence electrons. The van der Waals surface area contributed by atoms with Crippen molar-refractivity contribution < 1.29 is 19.5 Å². The van der Waals surface area contributed by atoms with Gasteiger partial charge in [0.25, 0.3) is 5.91 Å². The molecule has 0 aliphatic rings. The molecule has 0 saturated heterocycles. The lowest BCUT2D eigenvalue weighted by molar-refractivity contribution is -0.142. The average molecular weight is 334 g/mol. The predicted octanol–water partition coefficient (Wildman–Crippen LogP) is 1.84. The van der Waals surface area contributed by atoms with E-state index in [1.165, 1.54) is 0 Å². The molecule has 0 heterocycles. The summed E-state index contributed by atoms with van der Waals surface area (Å²) in [7, 11) is 1.57. The van der Waals surface area contributed by atoms with Crippen LogP contribution in [0.5, 0.6) is 0 Å². The van der Waals surface area contributed by atoms with Crippen LogP contribution in [0, 0.1) is 11.8 Å². The van der Waals surface area contributed by atoms with Crippen LogP contribution in [-0.2, 0) is 16.0 Å². The van der Waals surface area contributed by atoms with Gasteiger partial charge in [-0.3, -0.25) is 14.4 Å². The number of carbonyl (C=O) groups excluding carboxylic acids is 2. The Balaban J connectivity index is 2.48. The minimum atomic E-state index is -0.887. The summed E-state index contributed by atoms with van der Waals surface area (Å²) < 4.78 is 0. The van der Waals surface area contributed by atoms with Crippen molar-refractivity contribution >= 4 is 17.8 Å². The van der Waals surface area contributed by atoms with Gasteiger partial charge in [-0.15, -0.1) is 0 Å². The molecular formula is C18H26N2O4. The Hall–Kier alpha value is -2.37. The third-order valence-corrected chi connectivity index (χ3v) is 3.71. The van der Waals surface area contributed by atoms with Crippen molar-refractivity contribution in [2.75, 3.05) is 13.6 Å².